The van der Waals surface area contributed by atoms with Gasteiger partial charge in [-0.15, -0.1) is 0 Å². The van der Waals surface area contributed by atoms with Gasteiger partial charge in [0.25, 0.3) is 0 Å². The Morgan fingerprint density at radius 1 is 1.14 bits per heavy atom. The molecule has 4 N–H and O–H groups in total. The molecule has 0 amide bonds. The maximum Gasteiger partial charge on any atom is 0.303 e. The molecule has 5 atom stereocenters. The van der Waals surface area contributed by atoms with E-state index in [2.05, 4.69) is 0 Å². The van der Waals surface area contributed by atoms with Gasteiger partial charge in [-0.05, 0) is 43.6 Å². The zero-order valence-corrected chi connectivity index (χ0v) is 16.2. The fraction of sp³-hybridized carbons (Fsp3) is 0.522. The van der Waals surface area contributed by atoms with Crippen LogP contribution in [0.4, 0.5) is 0 Å². The van der Waals surface area contributed by atoms with Crippen LogP contribution in [0, 0.1) is 11.8 Å². The van der Waals surface area contributed by atoms with E-state index in [1.807, 2.05) is 48.6 Å². The number of hydrogen-bond donors (Lipinski definition) is 4. The highest BCUT2D eigenvalue weighted by Gasteiger charge is 2.39. The molecular formula is C23H32O5. The number of allylic oxidation sites excluding steroid dienone is 2. The van der Waals surface area contributed by atoms with Crippen LogP contribution >= 0.6 is 0 Å². The van der Waals surface area contributed by atoms with E-state index in [4.69, 9.17) is 5.11 Å². The standard InChI is InChI=1S/C23H32O5/c24-18(13-12-17-8-4-3-5-9-17)14-15-20-19(21(25)16-22(20)26)10-6-1-2-7-11-23(27)28/h1,3-6,8-9,14-15,18-22,24-26H,2,7,10-13,16H2,(H,27,28)/b6-1-,15-14+/t18?,19?,20?,21-,22+/m0/s1. The van der Waals surface area contributed by atoms with E-state index in [1.165, 1.54) is 5.56 Å². The Morgan fingerprint density at radius 3 is 2.61 bits per heavy atom. The average Bonchev–Trinajstić information content (AvgIpc) is 2.94. The van der Waals surface area contributed by atoms with Gasteiger partial charge in [0.1, 0.15) is 0 Å². The smallest absolute Gasteiger partial charge is 0.303 e. The molecule has 1 aliphatic carbocycles. The van der Waals surface area contributed by atoms with E-state index in [9.17, 15) is 20.1 Å². The molecule has 0 bridgehead atoms. The molecule has 2 rings (SSSR count). The third kappa shape index (κ3) is 7.58. The Labute approximate surface area is 167 Å². The molecule has 0 radical (unpaired) electrons. The molecule has 1 fully saturated rings. The monoisotopic (exact) mass is 388 g/mol. The number of carboxylic acid groups (broad SMARTS) is 1. The number of benzene rings is 1. The van der Waals surface area contributed by atoms with Crippen molar-refractivity contribution < 1.29 is 25.2 Å². The van der Waals surface area contributed by atoms with Crippen LogP contribution in [0.3, 0.4) is 0 Å². The van der Waals surface area contributed by atoms with Gasteiger partial charge in [0.05, 0.1) is 18.3 Å². The predicted molar refractivity (Wildman–Crippen MR) is 109 cm³/mol. The highest BCUT2D eigenvalue weighted by Crippen LogP contribution is 2.36. The summed E-state index contributed by atoms with van der Waals surface area (Å²) in [7, 11) is 0. The van der Waals surface area contributed by atoms with Gasteiger partial charge in [-0.1, -0.05) is 54.6 Å². The van der Waals surface area contributed by atoms with E-state index >= 15 is 0 Å². The van der Waals surface area contributed by atoms with Crippen LogP contribution in [-0.4, -0.2) is 44.7 Å². The molecule has 28 heavy (non-hydrogen) atoms. The lowest BCUT2D eigenvalue weighted by Crippen LogP contribution is -2.20. The average molecular weight is 389 g/mol. The van der Waals surface area contributed by atoms with Crippen LogP contribution in [-0.2, 0) is 11.2 Å². The maximum atomic E-state index is 10.5. The van der Waals surface area contributed by atoms with Crippen molar-refractivity contribution >= 4 is 5.97 Å². The summed E-state index contributed by atoms with van der Waals surface area (Å²) in [4.78, 5) is 10.5. The van der Waals surface area contributed by atoms with Crippen molar-refractivity contribution in [3.8, 4) is 0 Å². The van der Waals surface area contributed by atoms with Crippen LogP contribution < -0.4 is 0 Å². The molecule has 3 unspecified atom stereocenters. The summed E-state index contributed by atoms with van der Waals surface area (Å²) < 4.78 is 0. The van der Waals surface area contributed by atoms with Crippen molar-refractivity contribution in [2.45, 2.75) is 63.3 Å². The lowest BCUT2D eigenvalue weighted by atomic mass is 9.89. The largest absolute Gasteiger partial charge is 0.481 e. The van der Waals surface area contributed by atoms with Gasteiger partial charge in [-0.3, -0.25) is 4.79 Å². The molecule has 5 nitrogen and oxygen atoms in total. The van der Waals surface area contributed by atoms with Crippen molar-refractivity contribution in [3.63, 3.8) is 0 Å². The van der Waals surface area contributed by atoms with E-state index in [0.29, 0.717) is 32.1 Å². The quantitative estimate of drug-likeness (QED) is 0.345. The van der Waals surface area contributed by atoms with E-state index in [0.717, 1.165) is 6.42 Å². The Kier molecular flexibility index (Phi) is 9.41. The first kappa shape index (κ1) is 22.3. The van der Waals surface area contributed by atoms with Gasteiger partial charge in [-0.25, -0.2) is 0 Å². The Bertz CT molecular complexity index is 640. The molecule has 1 aromatic rings. The Morgan fingerprint density at radius 2 is 1.89 bits per heavy atom. The lowest BCUT2D eigenvalue weighted by Gasteiger charge is -2.19. The molecule has 1 aliphatic rings. The number of aliphatic carboxylic acids is 1. The molecular weight excluding hydrogens is 356 g/mol. The summed E-state index contributed by atoms with van der Waals surface area (Å²) in [5.74, 6) is -1.08. The van der Waals surface area contributed by atoms with Crippen molar-refractivity contribution in [2.75, 3.05) is 0 Å². The third-order valence-corrected chi connectivity index (χ3v) is 5.38. The van der Waals surface area contributed by atoms with Gasteiger partial charge < -0.3 is 20.4 Å². The van der Waals surface area contributed by atoms with Crippen LogP contribution in [0.15, 0.2) is 54.6 Å². The number of carbonyl (C=O) groups is 1. The van der Waals surface area contributed by atoms with Gasteiger partial charge >= 0.3 is 5.97 Å². The van der Waals surface area contributed by atoms with Crippen LogP contribution in [0.1, 0.15) is 44.1 Å². The van der Waals surface area contributed by atoms with Crippen LogP contribution in [0.5, 0.6) is 0 Å². The first-order chi connectivity index (χ1) is 13.5. The molecule has 0 saturated heterocycles. The molecule has 1 saturated carbocycles. The number of aliphatic hydroxyl groups is 3. The molecule has 154 valence electrons. The SMILES string of the molecule is O=C(O)CCC/C=C\CC1C(/C=C/C(O)CCc2ccccc2)[C@H](O)C[C@@H]1O. The number of carboxylic acids is 1. The molecule has 0 aromatic heterocycles. The summed E-state index contributed by atoms with van der Waals surface area (Å²) in [5.41, 5.74) is 1.18. The third-order valence-electron chi connectivity index (χ3n) is 5.38. The fourth-order valence-corrected chi connectivity index (χ4v) is 3.76. The maximum absolute atomic E-state index is 10.5. The molecule has 1 aromatic carbocycles. The predicted octanol–water partition coefficient (Wildman–Crippen LogP) is 3.10. The van der Waals surface area contributed by atoms with Gasteiger partial charge in [0.2, 0.25) is 0 Å². The topological polar surface area (TPSA) is 98.0 Å². The summed E-state index contributed by atoms with van der Waals surface area (Å²) >= 11 is 0. The van der Waals surface area contributed by atoms with Crippen LogP contribution in [0.25, 0.3) is 0 Å². The van der Waals surface area contributed by atoms with Gasteiger partial charge in [-0.2, -0.15) is 0 Å². The number of unbranched alkanes of at least 4 members (excludes halogenated alkanes) is 1. The summed E-state index contributed by atoms with van der Waals surface area (Å²) in [6.07, 6.45) is 9.51. The molecule has 0 spiro atoms. The second kappa shape index (κ2) is 11.8. The van der Waals surface area contributed by atoms with E-state index in [-0.39, 0.29) is 18.3 Å². The van der Waals surface area contributed by atoms with Crippen molar-refractivity contribution in [3.05, 3.63) is 60.2 Å². The second-order valence-electron chi connectivity index (χ2n) is 7.58. The summed E-state index contributed by atoms with van der Waals surface area (Å²) in [6.45, 7) is 0. The second-order valence-corrected chi connectivity index (χ2v) is 7.58. The summed E-state index contributed by atoms with van der Waals surface area (Å²) in [6, 6.07) is 9.99. The van der Waals surface area contributed by atoms with Crippen LogP contribution in [0.2, 0.25) is 0 Å². The normalized spacial score (nSPS) is 26.2. The number of rotatable bonds is 11. The van der Waals surface area contributed by atoms with E-state index < -0.39 is 24.3 Å². The Balaban J connectivity index is 1.82. The minimum absolute atomic E-state index is 0.0942. The van der Waals surface area contributed by atoms with Crippen molar-refractivity contribution in [1.29, 1.82) is 0 Å². The highest BCUT2D eigenvalue weighted by molar-refractivity contribution is 5.66. The summed E-state index contributed by atoms with van der Waals surface area (Å²) in [5, 5.41) is 39.4. The molecule has 0 aliphatic heterocycles. The fourth-order valence-electron chi connectivity index (χ4n) is 3.76. The minimum atomic E-state index is -0.793. The first-order valence-electron chi connectivity index (χ1n) is 10.1. The Hall–Kier alpha value is -1.95. The number of aliphatic hydroxyl groups excluding tert-OH is 3. The first-order valence-corrected chi connectivity index (χ1v) is 10.1. The molecule has 5 heteroatoms. The zero-order valence-electron chi connectivity index (χ0n) is 16.2. The van der Waals surface area contributed by atoms with Crippen molar-refractivity contribution in [1.82, 2.24) is 0 Å². The molecule has 0 heterocycles. The number of aryl methyl sites for hydroxylation is 1. The lowest BCUT2D eigenvalue weighted by molar-refractivity contribution is -0.137. The van der Waals surface area contributed by atoms with Gasteiger partial charge in [0, 0.05) is 18.8 Å². The highest BCUT2D eigenvalue weighted by atomic mass is 16.4. The van der Waals surface area contributed by atoms with Gasteiger partial charge in [0.15, 0.2) is 0 Å². The van der Waals surface area contributed by atoms with E-state index in [1.54, 1.807) is 6.08 Å². The zero-order chi connectivity index (χ0) is 20.4. The van der Waals surface area contributed by atoms with Crippen molar-refractivity contribution in [2.24, 2.45) is 11.8 Å². The minimum Gasteiger partial charge on any atom is -0.481 e. The number of hydrogen-bond acceptors (Lipinski definition) is 4.